The van der Waals surface area contributed by atoms with E-state index in [-0.39, 0.29) is 0 Å². The summed E-state index contributed by atoms with van der Waals surface area (Å²) in [6.45, 7) is 8.10. The molecule has 0 amide bonds. The zero-order chi connectivity index (χ0) is 23.2. The molecule has 0 spiro atoms. The number of piperazine rings is 1. The number of fused-ring (bicyclic) bond motifs is 3. The molecule has 6 rings (SSSR count). The fourth-order valence-corrected chi connectivity index (χ4v) is 5.31. The van der Waals surface area contributed by atoms with Crippen LogP contribution >= 0.6 is 0 Å². The van der Waals surface area contributed by atoms with Crippen LogP contribution in [-0.2, 0) is 4.74 Å². The number of pyridine rings is 1. The summed E-state index contributed by atoms with van der Waals surface area (Å²) in [5.74, 6) is 2.41. The molecule has 0 saturated carbocycles. The Morgan fingerprint density at radius 2 is 1.65 bits per heavy atom. The fraction of sp³-hybridized carbons (Fsp3) is 0.462. The fourth-order valence-electron chi connectivity index (χ4n) is 5.31. The zero-order valence-electron chi connectivity index (χ0n) is 20.1. The van der Waals surface area contributed by atoms with Gasteiger partial charge in [0.15, 0.2) is 5.65 Å². The van der Waals surface area contributed by atoms with E-state index in [4.69, 9.17) is 9.72 Å². The lowest BCUT2D eigenvalue weighted by molar-refractivity contribution is 0.0834. The van der Waals surface area contributed by atoms with E-state index in [1.54, 1.807) is 0 Å². The second-order valence-corrected chi connectivity index (χ2v) is 9.77. The molecule has 0 unspecified atom stereocenters. The van der Waals surface area contributed by atoms with Crippen molar-refractivity contribution in [3.8, 4) is 11.1 Å². The minimum atomic E-state index is 0.354. The van der Waals surface area contributed by atoms with E-state index in [9.17, 15) is 0 Å². The van der Waals surface area contributed by atoms with Gasteiger partial charge in [0.2, 0.25) is 0 Å². The number of aromatic nitrogens is 5. The summed E-state index contributed by atoms with van der Waals surface area (Å²) in [7, 11) is 2.21. The monoisotopic (exact) mass is 457 g/mol. The highest BCUT2D eigenvalue weighted by atomic mass is 16.5. The van der Waals surface area contributed by atoms with Gasteiger partial charge in [-0.25, -0.2) is 4.98 Å². The third-order valence-electron chi connectivity index (χ3n) is 7.60. The number of nitrogens with zero attached hydrogens (tertiary/aromatic N) is 7. The van der Waals surface area contributed by atoms with Crippen LogP contribution in [0, 0.1) is 0 Å². The summed E-state index contributed by atoms with van der Waals surface area (Å²) in [6.07, 6.45) is 5.74. The van der Waals surface area contributed by atoms with Crippen molar-refractivity contribution in [2.24, 2.45) is 0 Å². The van der Waals surface area contributed by atoms with Crippen molar-refractivity contribution in [1.82, 2.24) is 29.5 Å². The zero-order valence-corrected chi connectivity index (χ0v) is 20.1. The van der Waals surface area contributed by atoms with Crippen molar-refractivity contribution in [1.29, 1.82) is 0 Å². The summed E-state index contributed by atoms with van der Waals surface area (Å²) >= 11 is 0. The molecule has 2 aliphatic heterocycles. The van der Waals surface area contributed by atoms with Crippen LogP contribution in [0.4, 0.5) is 5.82 Å². The van der Waals surface area contributed by atoms with Crippen molar-refractivity contribution < 1.29 is 4.74 Å². The minimum Gasteiger partial charge on any atom is -0.381 e. The molecule has 0 aliphatic carbocycles. The van der Waals surface area contributed by atoms with Gasteiger partial charge in [-0.15, -0.1) is 10.2 Å². The van der Waals surface area contributed by atoms with Gasteiger partial charge in [-0.05, 0) is 63.6 Å². The summed E-state index contributed by atoms with van der Waals surface area (Å²) in [6, 6.07) is 11.7. The molecule has 8 nitrogen and oxygen atoms in total. The first-order valence-corrected chi connectivity index (χ1v) is 12.2. The van der Waals surface area contributed by atoms with Crippen molar-refractivity contribution in [2.45, 2.75) is 44.7 Å². The van der Waals surface area contributed by atoms with Crippen molar-refractivity contribution >= 4 is 22.5 Å². The van der Waals surface area contributed by atoms with Crippen LogP contribution in [0.5, 0.6) is 0 Å². The number of hydrogen-bond donors (Lipinski definition) is 0. The molecule has 1 aromatic carbocycles. The first-order chi connectivity index (χ1) is 16.6. The van der Waals surface area contributed by atoms with Crippen LogP contribution in [0.25, 0.3) is 27.8 Å². The number of ether oxygens (including phenoxy) is 1. The van der Waals surface area contributed by atoms with Gasteiger partial charge in [-0.3, -0.25) is 14.3 Å². The molecule has 176 valence electrons. The van der Waals surface area contributed by atoms with E-state index < -0.39 is 0 Å². The standard InChI is InChI=1S/C26H31N7O/c1-17-15-32(16-18(2)31(17)3)24-7-5-21(13-28-24)20-4-6-22-23(12-20)33-25(14-27-22)29-30-26(33)19-8-10-34-11-9-19/h4-7,12-14,17-19H,8-11,15-16H2,1-3H3/t17-,18+. The van der Waals surface area contributed by atoms with Gasteiger partial charge < -0.3 is 9.64 Å². The Labute approximate surface area is 199 Å². The Bertz CT molecular complexity index is 1300. The van der Waals surface area contributed by atoms with Gasteiger partial charge >= 0.3 is 0 Å². The van der Waals surface area contributed by atoms with Gasteiger partial charge in [0.05, 0.1) is 17.2 Å². The van der Waals surface area contributed by atoms with Crippen LogP contribution in [0.2, 0.25) is 0 Å². The van der Waals surface area contributed by atoms with Gasteiger partial charge in [0.1, 0.15) is 11.6 Å². The van der Waals surface area contributed by atoms with E-state index in [0.717, 1.165) is 78.6 Å². The Morgan fingerprint density at radius 1 is 0.882 bits per heavy atom. The van der Waals surface area contributed by atoms with E-state index in [1.807, 2.05) is 12.4 Å². The predicted molar refractivity (Wildman–Crippen MR) is 133 cm³/mol. The molecular formula is C26H31N7O. The molecule has 5 heterocycles. The van der Waals surface area contributed by atoms with E-state index in [2.05, 4.69) is 80.6 Å². The maximum absolute atomic E-state index is 5.56. The van der Waals surface area contributed by atoms with Crippen LogP contribution in [-0.4, -0.2) is 74.9 Å². The highest BCUT2D eigenvalue weighted by Gasteiger charge is 2.27. The van der Waals surface area contributed by atoms with Gasteiger partial charge in [-0.2, -0.15) is 0 Å². The first kappa shape index (κ1) is 21.4. The van der Waals surface area contributed by atoms with Crippen LogP contribution in [0.3, 0.4) is 0 Å². The van der Waals surface area contributed by atoms with E-state index in [1.165, 1.54) is 0 Å². The Hall–Kier alpha value is -3.10. The third-order valence-corrected chi connectivity index (χ3v) is 7.60. The van der Waals surface area contributed by atoms with Crippen molar-refractivity contribution in [2.75, 3.05) is 38.3 Å². The van der Waals surface area contributed by atoms with Crippen LogP contribution < -0.4 is 4.90 Å². The predicted octanol–water partition coefficient (Wildman–Crippen LogP) is 3.76. The number of anilines is 1. The summed E-state index contributed by atoms with van der Waals surface area (Å²) < 4.78 is 7.74. The lowest BCUT2D eigenvalue weighted by atomic mass is 9.99. The molecule has 2 aliphatic rings. The van der Waals surface area contributed by atoms with Gasteiger partial charge in [-0.1, -0.05) is 6.07 Å². The normalized spacial score (nSPS) is 22.6. The molecule has 2 saturated heterocycles. The number of hydrogen-bond acceptors (Lipinski definition) is 7. The largest absolute Gasteiger partial charge is 0.381 e. The van der Waals surface area contributed by atoms with E-state index >= 15 is 0 Å². The quantitative estimate of drug-likeness (QED) is 0.464. The summed E-state index contributed by atoms with van der Waals surface area (Å²) in [5, 5.41) is 8.96. The first-order valence-electron chi connectivity index (χ1n) is 12.2. The van der Waals surface area contributed by atoms with Crippen molar-refractivity contribution in [3.63, 3.8) is 0 Å². The molecule has 8 heteroatoms. The molecule has 0 bridgehead atoms. The molecule has 2 fully saturated rings. The summed E-state index contributed by atoms with van der Waals surface area (Å²) in [4.78, 5) is 14.3. The lowest BCUT2D eigenvalue weighted by Crippen LogP contribution is -2.55. The van der Waals surface area contributed by atoms with Crippen molar-refractivity contribution in [3.05, 3.63) is 48.5 Å². The average molecular weight is 458 g/mol. The number of rotatable bonds is 3. The molecule has 4 aromatic rings. The molecule has 0 radical (unpaired) electrons. The summed E-state index contributed by atoms with van der Waals surface area (Å²) in [5.41, 5.74) is 4.98. The maximum Gasteiger partial charge on any atom is 0.179 e. The van der Waals surface area contributed by atoms with Crippen LogP contribution in [0.15, 0.2) is 42.7 Å². The Balaban J connectivity index is 1.35. The SMILES string of the molecule is C[C@@H]1CN(c2ccc(-c3ccc4ncc5nnc(C6CCOCC6)n5c4c3)cn2)C[C@H](C)N1C. The third kappa shape index (κ3) is 3.71. The highest BCUT2D eigenvalue weighted by Crippen LogP contribution is 2.30. The van der Waals surface area contributed by atoms with E-state index in [0.29, 0.717) is 18.0 Å². The lowest BCUT2D eigenvalue weighted by Gasteiger charge is -2.43. The van der Waals surface area contributed by atoms with Gasteiger partial charge in [0.25, 0.3) is 0 Å². The van der Waals surface area contributed by atoms with Crippen LogP contribution in [0.1, 0.15) is 38.4 Å². The molecular weight excluding hydrogens is 426 g/mol. The topological polar surface area (TPSA) is 71.7 Å². The number of likely N-dealkylation sites (N-methyl/N-ethyl adjacent to an activating group) is 1. The average Bonchev–Trinajstić information content (AvgIpc) is 3.32. The second-order valence-electron chi connectivity index (χ2n) is 9.77. The minimum absolute atomic E-state index is 0.354. The molecule has 34 heavy (non-hydrogen) atoms. The second kappa shape index (κ2) is 8.60. The Morgan fingerprint density at radius 3 is 2.38 bits per heavy atom. The molecule has 0 N–H and O–H groups in total. The maximum atomic E-state index is 5.56. The number of benzene rings is 1. The smallest absolute Gasteiger partial charge is 0.179 e. The van der Waals surface area contributed by atoms with Gasteiger partial charge in [0, 0.05) is 56.1 Å². The highest BCUT2D eigenvalue weighted by molar-refractivity contribution is 5.83. The molecule has 2 atom stereocenters. The molecule has 3 aromatic heterocycles. The Kier molecular flexibility index (Phi) is 5.42.